The van der Waals surface area contributed by atoms with Gasteiger partial charge in [0.1, 0.15) is 11.4 Å². The molecule has 0 N–H and O–H groups in total. The van der Waals surface area contributed by atoms with Crippen LogP contribution in [-0.2, 0) is 19.6 Å². The molecule has 164 valence electrons. The number of amides is 2. The van der Waals surface area contributed by atoms with Gasteiger partial charge in [0, 0.05) is 32.4 Å². The molecular formula is C22H26N4O4S. The van der Waals surface area contributed by atoms with Crippen molar-refractivity contribution in [2.24, 2.45) is 4.99 Å². The monoisotopic (exact) mass is 442 g/mol. The second kappa shape index (κ2) is 8.05. The van der Waals surface area contributed by atoms with E-state index in [1.54, 1.807) is 65.4 Å². The first kappa shape index (κ1) is 21.5. The van der Waals surface area contributed by atoms with Gasteiger partial charge in [-0.1, -0.05) is 23.8 Å². The average molecular weight is 443 g/mol. The van der Waals surface area contributed by atoms with Gasteiger partial charge in [-0.15, -0.1) is 0 Å². The molecule has 1 unspecified atom stereocenters. The van der Waals surface area contributed by atoms with Crippen molar-refractivity contribution in [3.63, 3.8) is 0 Å². The lowest BCUT2D eigenvalue weighted by atomic mass is 9.90. The van der Waals surface area contributed by atoms with Crippen LogP contribution in [0.15, 0.2) is 58.6 Å². The number of aryl methyl sites for hydroxylation is 1. The molecule has 31 heavy (non-hydrogen) atoms. The Morgan fingerprint density at radius 2 is 1.81 bits per heavy atom. The second-order valence-corrected chi connectivity index (χ2v) is 10.2. The molecule has 3 aliphatic heterocycles. The first-order valence-electron chi connectivity index (χ1n) is 10.3. The average Bonchev–Trinajstić information content (AvgIpc) is 3.00. The second-order valence-electron chi connectivity index (χ2n) is 8.25. The third-order valence-electron chi connectivity index (χ3n) is 5.97. The summed E-state index contributed by atoms with van der Waals surface area (Å²) in [5, 5.41) is 0. The van der Waals surface area contributed by atoms with Crippen LogP contribution in [0.25, 0.3) is 0 Å². The summed E-state index contributed by atoms with van der Waals surface area (Å²) in [6, 6.07) is 6.79. The first-order chi connectivity index (χ1) is 14.7. The van der Waals surface area contributed by atoms with Crippen LogP contribution < -0.4 is 0 Å². The maximum absolute atomic E-state index is 13.5. The molecule has 0 spiro atoms. The van der Waals surface area contributed by atoms with Gasteiger partial charge in [0.15, 0.2) is 0 Å². The van der Waals surface area contributed by atoms with Crippen molar-refractivity contribution in [3.05, 3.63) is 54.3 Å². The molecule has 0 aromatic heterocycles. The molecule has 0 radical (unpaired) electrons. The van der Waals surface area contributed by atoms with Crippen molar-refractivity contribution in [2.45, 2.75) is 37.1 Å². The number of nitrogens with zero attached hydrogens (tertiary/aromatic N) is 4. The van der Waals surface area contributed by atoms with Crippen LogP contribution in [0.2, 0.25) is 0 Å². The van der Waals surface area contributed by atoms with Gasteiger partial charge in [0.2, 0.25) is 15.9 Å². The summed E-state index contributed by atoms with van der Waals surface area (Å²) >= 11 is 0. The van der Waals surface area contributed by atoms with E-state index in [0.717, 1.165) is 5.56 Å². The predicted octanol–water partition coefficient (Wildman–Crippen LogP) is 1.69. The molecule has 2 amide bonds. The summed E-state index contributed by atoms with van der Waals surface area (Å²) in [5.41, 5.74) is -0.0909. The highest BCUT2D eigenvalue weighted by Crippen LogP contribution is 2.30. The van der Waals surface area contributed by atoms with Gasteiger partial charge in [-0.2, -0.15) is 9.30 Å². The number of allylic oxidation sites excluding steroid dienone is 2. The molecule has 1 atom stereocenters. The lowest BCUT2D eigenvalue weighted by molar-refractivity contribution is -0.143. The van der Waals surface area contributed by atoms with Crippen LogP contribution in [0, 0.1) is 6.92 Å². The predicted molar refractivity (Wildman–Crippen MR) is 117 cm³/mol. The fourth-order valence-electron chi connectivity index (χ4n) is 4.21. The Bertz CT molecular complexity index is 1090. The topological polar surface area (TPSA) is 90.4 Å². The van der Waals surface area contributed by atoms with Crippen molar-refractivity contribution in [1.82, 2.24) is 14.1 Å². The number of amidine groups is 1. The van der Waals surface area contributed by atoms with E-state index in [1.165, 1.54) is 4.31 Å². The summed E-state index contributed by atoms with van der Waals surface area (Å²) in [5.74, 6) is -0.0729. The molecule has 0 aliphatic carbocycles. The molecule has 0 bridgehead atoms. The molecule has 1 aromatic rings. The maximum Gasteiger partial charge on any atom is 0.250 e. The maximum atomic E-state index is 13.5. The molecule has 1 aromatic carbocycles. The van der Waals surface area contributed by atoms with E-state index in [0.29, 0.717) is 25.3 Å². The van der Waals surface area contributed by atoms with Crippen molar-refractivity contribution < 1.29 is 18.0 Å². The smallest absolute Gasteiger partial charge is 0.250 e. The largest absolute Gasteiger partial charge is 0.339 e. The van der Waals surface area contributed by atoms with Crippen molar-refractivity contribution in [3.8, 4) is 0 Å². The first-order valence-corrected chi connectivity index (χ1v) is 11.8. The van der Waals surface area contributed by atoms with Crippen LogP contribution in [0.5, 0.6) is 0 Å². The van der Waals surface area contributed by atoms with E-state index in [-0.39, 0.29) is 36.2 Å². The normalized spacial score (nSPS) is 24.6. The van der Waals surface area contributed by atoms with Gasteiger partial charge >= 0.3 is 0 Å². The lowest BCUT2D eigenvalue weighted by Crippen LogP contribution is -2.61. The summed E-state index contributed by atoms with van der Waals surface area (Å²) in [6.07, 6.45) is 7.56. The minimum absolute atomic E-state index is 0.0185. The summed E-state index contributed by atoms with van der Waals surface area (Å²) < 4.78 is 27.6. The Kier molecular flexibility index (Phi) is 5.57. The zero-order chi connectivity index (χ0) is 22.2. The number of benzene rings is 1. The standard InChI is InChI=1S/C22H26N4O4S/c1-17-7-9-18(10-8-17)31(29,30)25-12-5-11-24(14-15-25)21(28)22(2)16-20(27)23-19-6-3-4-13-26(19)22/h3-4,6-10,13H,5,11-12,14-16H2,1-2H3. The quantitative estimate of drug-likeness (QED) is 0.711. The molecule has 1 fully saturated rings. The highest BCUT2D eigenvalue weighted by molar-refractivity contribution is 7.89. The van der Waals surface area contributed by atoms with E-state index in [9.17, 15) is 18.0 Å². The minimum Gasteiger partial charge on any atom is -0.339 e. The summed E-state index contributed by atoms with van der Waals surface area (Å²) in [7, 11) is -3.63. The van der Waals surface area contributed by atoms with Gasteiger partial charge in [0.25, 0.3) is 5.91 Å². The highest BCUT2D eigenvalue weighted by atomic mass is 32.2. The Morgan fingerprint density at radius 3 is 2.55 bits per heavy atom. The molecule has 8 nitrogen and oxygen atoms in total. The molecule has 3 heterocycles. The van der Waals surface area contributed by atoms with Crippen molar-refractivity contribution >= 4 is 27.7 Å². The van der Waals surface area contributed by atoms with Crippen molar-refractivity contribution in [2.75, 3.05) is 26.2 Å². The Balaban J connectivity index is 1.52. The van der Waals surface area contributed by atoms with Gasteiger partial charge in [-0.05, 0) is 44.6 Å². The zero-order valence-corrected chi connectivity index (χ0v) is 18.5. The highest BCUT2D eigenvalue weighted by Gasteiger charge is 2.47. The lowest BCUT2D eigenvalue weighted by Gasteiger charge is -2.44. The Labute approximate surface area is 182 Å². The molecule has 4 rings (SSSR count). The third-order valence-corrected chi connectivity index (χ3v) is 7.88. The number of carbonyl (C=O) groups is 2. The number of rotatable bonds is 3. The number of hydrogen-bond donors (Lipinski definition) is 0. The van der Waals surface area contributed by atoms with Crippen LogP contribution in [0.3, 0.4) is 0 Å². The van der Waals surface area contributed by atoms with Crippen LogP contribution in [0.1, 0.15) is 25.3 Å². The number of aliphatic imine (C=N–C) groups is 1. The van der Waals surface area contributed by atoms with Crippen molar-refractivity contribution in [1.29, 1.82) is 0 Å². The van der Waals surface area contributed by atoms with E-state index in [2.05, 4.69) is 4.99 Å². The van der Waals surface area contributed by atoms with Gasteiger partial charge in [0.05, 0.1) is 11.3 Å². The van der Waals surface area contributed by atoms with Gasteiger partial charge in [-0.25, -0.2) is 8.42 Å². The summed E-state index contributed by atoms with van der Waals surface area (Å²) in [6.45, 7) is 4.91. The van der Waals surface area contributed by atoms with Crippen LogP contribution in [-0.4, -0.2) is 71.9 Å². The van der Waals surface area contributed by atoms with E-state index >= 15 is 0 Å². The molecular weight excluding hydrogens is 416 g/mol. The Hall–Kier alpha value is -2.78. The Morgan fingerprint density at radius 1 is 1.06 bits per heavy atom. The fourth-order valence-corrected chi connectivity index (χ4v) is 5.67. The number of carbonyl (C=O) groups excluding carboxylic acids is 2. The molecule has 9 heteroatoms. The van der Waals surface area contributed by atoms with E-state index < -0.39 is 15.6 Å². The van der Waals surface area contributed by atoms with Crippen LogP contribution >= 0.6 is 0 Å². The molecule has 3 aliphatic rings. The molecule has 1 saturated heterocycles. The SMILES string of the molecule is Cc1ccc(S(=O)(=O)N2CCCN(C(=O)C3(C)CC(=O)N=C4C=CC=CN43)CC2)cc1. The molecule has 0 saturated carbocycles. The van der Waals surface area contributed by atoms with E-state index in [1.807, 2.05) is 6.92 Å². The fraction of sp³-hybridized carbons (Fsp3) is 0.409. The zero-order valence-electron chi connectivity index (χ0n) is 17.7. The van der Waals surface area contributed by atoms with Gasteiger partial charge in [-0.3, -0.25) is 9.59 Å². The van der Waals surface area contributed by atoms with Crippen LogP contribution in [0.4, 0.5) is 0 Å². The minimum atomic E-state index is -3.63. The van der Waals surface area contributed by atoms with Gasteiger partial charge < -0.3 is 9.80 Å². The van der Waals surface area contributed by atoms with E-state index in [4.69, 9.17) is 0 Å². The number of hydrogen-bond acceptors (Lipinski definition) is 5. The third kappa shape index (κ3) is 3.95. The summed E-state index contributed by atoms with van der Waals surface area (Å²) in [4.78, 5) is 33.5. The number of sulfonamides is 1. The number of fused-ring (bicyclic) bond motifs is 1.